The Morgan fingerprint density at radius 2 is 1.36 bits per heavy atom. The Kier molecular flexibility index (Phi) is 6.63. The lowest BCUT2D eigenvalue weighted by Crippen LogP contribution is -2.14. The summed E-state index contributed by atoms with van der Waals surface area (Å²) in [6.45, 7) is 0.682. The molecule has 144 valence electrons. The zero-order valence-electron chi connectivity index (χ0n) is 15.3. The first kappa shape index (κ1) is 19.4. The average molecular weight is 380 g/mol. The maximum Gasteiger partial charge on any atom is 0.311 e. The number of aliphatic carboxylic acids is 1. The Bertz CT molecular complexity index is 877. The smallest absolute Gasteiger partial charge is 0.311 e. The topological polar surface area (TPSA) is 55.8 Å². The van der Waals surface area contributed by atoms with Crippen LogP contribution in [0.3, 0.4) is 0 Å². The second-order valence-corrected chi connectivity index (χ2v) is 6.30. The van der Waals surface area contributed by atoms with Crippen molar-refractivity contribution in [2.24, 2.45) is 0 Å². The molecule has 0 spiro atoms. The molecular formula is C23H21FO4. The lowest BCUT2D eigenvalue weighted by atomic mass is 9.92. The molecule has 1 atom stereocenters. The van der Waals surface area contributed by atoms with E-state index in [9.17, 15) is 14.3 Å². The third-order valence-electron chi connectivity index (χ3n) is 4.30. The van der Waals surface area contributed by atoms with E-state index in [0.29, 0.717) is 31.1 Å². The lowest BCUT2D eigenvalue weighted by Gasteiger charge is -2.13. The van der Waals surface area contributed by atoms with Crippen LogP contribution in [0.25, 0.3) is 0 Å². The largest absolute Gasteiger partial charge is 0.490 e. The molecule has 3 aromatic rings. The van der Waals surface area contributed by atoms with E-state index in [1.807, 2.05) is 54.6 Å². The Hall–Kier alpha value is -3.34. The fourth-order valence-electron chi connectivity index (χ4n) is 2.84. The molecule has 0 radical (unpaired) electrons. The van der Waals surface area contributed by atoms with Crippen molar-refractivity contribution >= 4 is 5.97 Å². The van der Waals surface area contributed by atoms with Gasteiger partial charge in [0.05, 0.1) is 5.92 Å². The number of hydrogen-bond acceptors (Lipinski definition) is 3. The molecule has 0 saturated carbocycles. The van der Waals surface area contributed by atoms with E-state index in [1.165, 1.54) is 12.1 Å². The zero-order chi connectivity index (χ0) is 19.8. The Balaban J connectivity index is 1.50. The summed E-state index contributed by atoms with van der Waals surface area (Å²) in [6.07, 6.45) is 0.410. The van der Waals surface area contributed by atoms with Gasteiger partial charge in [0, 0.05) is 0 Å². The normalized spacial score (nSPS) is 11.6. The first-order chi connectivity index (χ1) is 13.6. The SMILES string of the molecule is O=C(O)C(Cc1ccc(OCCOc2ccc(F)cc2)cc1)c1ccccc1. The molecule has 0 saturated heterocycles. The molecule has 0 aromatic heterocycles. The minimum atomic E-state index is -0.843. The van der Waals surface area contributed by atoms with E-state index in [-0.39, 0.29) is 5.82 Å². The standard InChI is InChI=1S/C23H21FO4/c24-19-8-12-21(13-9-19)28-15-14-27-20-10-6-17(7-11-20)16-22(23(25)26)18-4-2-1-3-5-18/h1-13,22H,14-16H2,(H,25,26). The first-order valence-electron chi connectivity index (χ1n) is 8.99. The molecule has 4 nitrogen and oxygen atoms in total. The molecule has 3 aromatic carbocycles. The van der Waals surface area contributed by atoms with Crippen LogP contribution < -0.4 is 9.47 Å². The number of halogens is 1. The third kappa shape index (κ3) is 5.58. The molecule has 1 N–H and O–H groups in total. The van der Waals surface area contributed by atoms with Gasteiger partial charge in [-0.1, -0.05) is 42.5 Å². The first-order valence-corrected chi connectivity index (χ1v) is 8.99. The van der Waals surface area contributed by atoms with Crippen LogP contribution in [0.5, 0.6) is 11.5 Å². The molecule has 0 fully saturated rings. The fourth-order valence-corrected chi connectivity index (χ4v) is 2.84. The quantitative estimate of drug-likeness (QED) is 0.547. The van der Waals surface area contributed by atoms with Crippen LogP contribution in [-0.2, 0) is 11.2 Å². The van der Waals surface area contributed by atoms with Crippen molar-refractivity contribution in [1.82, 2.24) is 0 Å². The van der Waals surface area contributed by atoms with Crippen molar-refractivity contribution in [2.75, 3.05) is 13.2 Å². The van der Waals surface area contributed by atoms with E-state index < -0.39 is 11.9 Å². The van der Waals surface area contributed by atoms with E-state index >= 15 is 0 Å². The monoisotopic (exact) mass is 380 g/mol. The number of ether oxygens (including phenoxy) is 2. The summed E-state index contributed by atoms with van der Waals surface area (Å²) in [5, 5.41) is 9.54. The third-order valence-corrected chi connectivity index (χ3v) is 4.30. The van der Waals surface area contributed by atoms with E-state index in [4.69, 9.17) is 9.47 Å². The number of carbonyl (C=O) groups is 1. The molecule has 0 bridgehead atoms. The van der Waals surface area contributed by atoms with E-state index in [2.05, 4.69) is 0 Å². The van der Waals surface area contributed by atoms with Crippen LogP contribution >= 0.6 is 0 Å². The molecule has 1 unspecified atom stereocenters. The van der Waals surface area contributed by atoms with Gasteiger partial charge in [-0.05, 0) is 53.9 Å². The van der Waals surface area contributed by atoms with Crippen molar-refractivity contribution in [3.63, 3.8) is 0 Å². The van der Waals surface area contributed by atoms with Gasteiger partial charge in [-0.2, -0.15) is 0 Å². The van der Waals surface area contributed by atoms with Gasteiger partial charge in [-0.25, -0.2) is 4.39 Å². The molecule has 0 heterocycles. The van der Waals surface area contributed by atoms with Crippen LogP contribution in [0, 0.1) is 5.82 Å². The van der Waals surface area contributed by atoms with Gasteiger partial charge in [0.2, 0.25) is 0 Å². The van der Waals surface area contributed by atoms with Crippen LogP contribution in [0.15, 0.2) is 78.9 Å². The van der Waals surface area contributed by atoms with Gasteiger partial charge in [-0.3, -0.25) is 4.79 Å². The minimum absolute atomic E-state index is 0.305. The molecule has 0 aliphatic rings. The Morgan fingerprint density at radius 1 is 0.821 bits per heavy atom. The predicted molar refractivity (Wildman–Crippen MR) is 104 cm³/mol. The average Bonchev–Trinajstić information content (AvgIpc) is 2.72. The van der Waals surface area contributed by atoms with Crippen LogP contribution in [0.1, 0.15) is 17.0 Å². The van der Waals surface area contributed by atoms with Crippen LogP contribution in [0.4, 0.5) is 4.39 Å². The highest BCUT2D eigenvalue weighted by atomic mass is 19.1. The molecule has 28 heavy (non-hydrogen) atoms. The number of carboxylic acid groups (broad SMARTS) is 1. The summed E-state index contributed by atoms with van der Waals surface area (Å²) in [5.41, 5.74) is 1.71. The second-order valence-electron chi connectivity index (χ2n) is 6.30. The van der Waals surface area contributed by atoms with Gasteiger partial charge in [-0.15, -0.1) is 0 Å². The molecular weight excluding hydrogens is 359 g/mol. The number of hydrogen-bond donors (Lipinski definition) is 1. The van der Waals surface area contributed by atoms with Crippen molar-refractivity contribution in [1.29, 1.82) is 0 Å². The second kappa shape index (κ2) is 9.55. The molecule has 0 aliphatic carbocycles. The molecule has 3 rings (SSSR count). The van der Waals surface area contributed by atoms with Gasteiger partial charge in [0.25, 0.3) is 0 Å². The number of rotatable bonds is 9. The summed E-state index contributed by atoms with van der Waals surface area (Å²) in [6, 6.07) is 22.4. The minimum Gasteiger partial charge on any atom is -0.490 e. The maximum atomic E-state index is 12.8. The zero-order valence-corrected chi connectivity index (χ0v) is 15.3. The summed E-state index contributed by atoms with van der Waals surface area (Å²) in [4.78, 5) is 11.6. The predicted octanol–water partition coefficient (Wildman–Crippen LogP) is 4.69. The molecule has 0 aliphatic heterocycles. The van der Waals surface area contributed by atoms with Crippen molar-refractivity contribution in [3.05, 3.63) is 95.8 Å². The van der Waals surface area contributed by atoms with Gasteiger partial charge in [0.15, 0.2) is 0 Å². The highest BCUT2D eigenvalue weighted by Gasteiger charge is 2.19. The van der Waals surface area contributed by atoms with Crippen molar-refractivity contribution in [3.8, 4) is 11.5 Å². The van der Waals surface area contributed by atoms with Gasteiger partial charge in [0.1, 0.15) is 30.5 Å². The van der Waals surface area contributed by atoms with E-state index in [0.717, 1.165) is 11.1 Å². The Labute approximate surface area is 163 Å². The van der Waals surface area contributed by atoms with Crippen molar-refractivity contribution < 1.29 is 23.8 Å². The molecule has 0 amide bonds. The summed E-state index contributed by atoms with van der Waals surface area (Å²) in [5.74, 6) is -0.471. The molecule has 5 heteroatoms. The van der Waals surface area contributed by atoms with E-state index in [1.54, 1.807) is 12.1 Å². The van der Waals surface area contributed by atoms with Crippen LogP contribution in [-0.4, -0.2) is 24.3 Å². The summed E-state index contributed by atoms with van der Waals surface area (Å²) in [7, 11) is 0. The summed E-state index contributed by atoms with van der Waals surface area (Å²) < 4.78 is 23.9. The summed E-state index contributed by atoms with van der Waals surface area (Å²) >= 11 is 0. The number of benzene rings is 3. The van der Waals surface area contributed by atoms with Crippen LogP contribution in [0.2, 0.25) is 0 Å². The fraction of sp³-hybridized carbons (Fsp3) is 0.174. The maximum absolute atomic E-state index is 12.8. The highest BCUT2D eigenvalue weighted by molar-refractivity contribution is 5.76. The number of carboxylic acids is 1. The lowest BCUT2D eigenvalue weighted by molar-refractivity contribution is -0.138. The highest BCUT2D eigenvalue weighted by Crippen LogP contribution is 2.23. The van der Waals surface area contributed by atoms with Gasteiger partial charge < -0.3 is 14.6 Å². The van der Waals surface area contributed by atoms with Gasteiger partial charge >= 0.3 is 5.97 Å². The Morgan fingerprint density at radius 3 is 1.89 bits per heavy atom. The van der Waals surface area contributed by atoms with Crippen molar-refractivity contribution in [2.45, 2.75) is 12.3 Å².